The smallest absolute Gasteiger partial charge is 0.261 e. The third-order valence-electron chi connectivity index (χ3n) is 5.20. The average Bonchev–Trinajstić information content (AvgIpc) is 2.41. The highest BCUT2D eigenvalue weighted by Crippen LogP contribution is 2.61. The quantitative estimate of drug-likeness (QED) is 0.783. The third-order valence-corrected chi connectivity index (χ3v) is 9.55. The van der Waals surface area contributed by atoms with E-state index in [9.17, 15) is 16.8 Å². The fourth-order valence-electron chi connectivity index (χ4n) is 3.78. The zero-order chi connectivity index (χ0) is 16.5. The van der Waals surface area contributed by atoms with Gasteiger partial charge >= 0.3 is 0 Å². The van der Waals surface area contributed by atoms with E-state index in [2.05, 4.69) is 0 Å². The van der Waals surface area contributed by atoms with Crippen molar-refractivity contribution in [2.24, 2.45) is 11.8 Å². The molecule has 7 heteroatoms. The molecule has 1 aliphatic heterocycles. The van der Waals surface area contributed by atoms with Crippen LogP contribution in [0.3, 0.4) is 0 Å². The summed E-state index contributed by atoms with van der Waals surface area (Å²) in [5.41, 5.74) is 0.944. The molecule has 22 heavy (non-hydrogen) atoms. The molecule has 1 aromatic carbocycles. The van der Waals surface area contributed by atoms with Crippen LogP contribution in [0.5, 0.6) is 0 Å². The molecule has 2 aliphatic rings. The number of aryl methyl sites for hydroxylation is 1. The molecule has 3 rings (SSSR count). The van der Waals surface area contributed by atoms with Crippen LogP contribution in [0.1, 0.15) is 26.3 Å². The van der Waals surface area contributed by atoms with Gasteiger partial charge in [0.1, 0.15) is 0 Å². The molecular formula is C15H20O5S2. The minimum absolute atomic E-state index is 0.0317. The van der Waals surface area contributed by atoms with Gasteiger partial charge in [0, 0.05) is 5.92 Å². The van der Waals surface area contributed by atoms with Crippen molar-refractivity contribution in [3.8, 4) is 0 Å². The van der Waals surface area contributed by atoms with Crippen molar-refractivity contribution in [1.82, 2.24) is 0 Å². The SMILES string of the molecule is Cc1ccc(S(=O)(=O)OC2C(C)C3C2S(=O)(=O)C3(C)C)cc1. The second kappa shape index (κ2) is 4.55. The topological polar surface area (TPSA) is 77.5 Å². The van der Waals surface area contributed by atoms with Crippen LogP contribution in [0.25, 0.3) is 0 Å². The summed E-state index contributed by atoms with van der Waals surface area (Å²) < 4.78 is 53.7. The van der Waals surface area contributed by atoms with Gasteiger partial charge in [-0.1, -0.05) is 24.6 Å². The largest absolute Gasteiger partial charge is 0.297 e. The molecule has 1 aliphatic carbocycles. The zero-order valence-electron chi connectivity index (χ0n) is 13.0. The van der Waals surface area contributed by atoms with Crippen molar-refractivity contribution in [2.75, 3.05) is 0 Å². The highest BCUT2D eigenvalue weighted by Gasteiger charge is 2.74. The van der Waals surface area contributed by atoms with Crippen molar-refractivity contribution in [2.45, 2.75) is 48.7 Å². The Labute approximate surface area is 131 Å². The predicted octanol–water partition coefficient (Wildman–Crippen LogP) is 1.91. The lowest BCUT2D eigenvalue weighted by Gasteiger charge is -2.64. The molecule has 1 saturated carbocycles. The van der Waals surface area contributed by atoms with Crippen molar-refractivity contribution in [1.29, 1.82) is 0 Å². The fraction of sp³-hybridized carbons (Fsp3) is 0.600. The highest BCUT2D eigenvalue weighted by molar-refractivity contribution is 7.95. The molecule has 5 nitrogen and oxygen atoms in total. The van der Waals surface area contributed by atoms with Crippen molar-refractivity contribution >= 4 is 20.0 Å². The van der Waals surface area contributed by atoms with Crippen LogP contribution < -0.4 is 0 Å². The van der Waals surface area contributed by atoms with Gasteiger partial charge < -0.3 is 0 Å². The molecule has 2 fully saturated rings. The third kappa shape index (κ3) is 1.91. The molecular weight excluding hydrogens is 324 g/mol. The van der Waals surface area contributed by atoms with E-state index >= 15 is 0 Å². The van der Waals surface area contributed by atoms with E-state index in [0.717, 1.165) is 5.56 Å². The van der Waals surface area contributed by atoms with Gasteiger partial charge in [0.05, 0.1) is 21.0 Å². The fourth-order valence-corrected chi connectivity index (χ4v) is 7.86. The van der Waals surface area contributed by atoms with Crippen LogP contribution in [-0.2, 0) is 24.1 Å². The van der Waals surface area contributed by atoms with Crippen LogP contribution in [-0.4, -0.2) is 32.9 Å². The highest BCUT2D eigenvalue weighted by atomic mass is 32.2. The van der Waals surface area contributed by atoms with Gasteiger partial charge in [-0.3, -0.25) is 4.18 Å². The van der Waals surface area contributed by atoms with Gasteiger partial charge in [-0.05, 0) is 38.8 Å². The summed E-state index contributed by atoms with van der Waals surface area (Å²) in [6, 6.07) is 6.33. The number of sulfone groups is 1. The molecule has 1 aromatic rings. The molecule has 0 aromatic heterocycles. The Morgan fingerprint density at radius 3 is 2.23 bits per heavy atom. The van der Waals surface area contributed by atoms with Crippen molar-refractivity contribution in [3.63, 3.8) is 0 Å². The van der Waals surface area contributed by atoms with Gasteiger partial charge in [0.2, 0.25) is 0 Å². The van der Waals surface area contributed by atoms with Gasteiger partial charge in [-0.15, -0.1) is 0 Å². The molecule has 4 unspecified atom stereocenters. The lowest BCUT2D eigenvalue weighted by Crippen LogP contribution is -2.78. The van der Waals surface area contributed by atoms with E-state index in [1.54, 1.807) is 26.0 Å². The molecule has 122 valence electrons. The minimum Gasteiger partial charge on any atom is -0.261 e. The number of fused-ring (bicyclic) bond motifs is 1. The number of rotatable bonds is 3. The van der Waals surface area contributed by atoms with Gasteiger partial charge in [0.25, 0.3) is 10.1 Å². The van der Waals surface area contributed by atoms with Crippen LogP contribution >= 0.6 is 0 Å². The van der Waals surface area contributed by atoms with Crippen LogP contribution in [0.4, 0.5) is 0 Å². The second-order valence-corrected chi connectivity index (χ2v) is 11.1. The predicted molar refractivity (Wildman–Crippen MR) is 82.7 cm³/mol. The summed E-state index contributed by atoms with van der Waals surface area (Å²) >= 11 is 0. The summed E-state index contributed by atoms with van der Waals surface area (Å²) in [5.74, 6) is -0.125. The molecule has 0 spiro atoms. The number of hydrogen-bond donors (Lipinski definition) is 0. The first-order chi connectivity index (χ1) is 10.00. The maximum absolute atomic E-state index is 12.3. The molecule has 0 amide bonds. The summed E-state index contributed by atoms with van der Waals surface area (Å²) in [5, 5.41) is -0.697. The van der Waals surface area contributed by atoms with Crippen LogP contribution in [0.15, 0.2) is 29.2 Å². The summed E-state index contributed by atoms with van der Waals surface area (Å²) in [7, 11) is -7.28. The van der Waals surface area contributed by atoms with Crippen LogP contribution in [0.2, 0.25) is 0 Å². The normalized spacial score (nSPS) is 35.1. The molecule has 0 radical (unpaired) electrons. The first kappa shape index (κ1) is 16.0. The maximum atomic E-state index is 12.3. The Bertz CT molecular complexity index is 806. The molecule has 1 heterocycles. The van der Waals surface area contributed by atoms with Crippen molar-refractivity contribution < 1.29 is 21.0 Å². The Kier molecular flexibility index (Phi) is 3.30. The van der Waals surface area contributed by atoms with E-state index in [1.165, 1.54) is 12.1 Å². The zero-order valence-corrected chi connectivity index (χ0v) is 14.6. The van der Waals surface area contributed by atoms with Gasteiger partial charge in [-0.2, -0.15) is 8.42 Å². The summed E-state index contributed by atoms with van der Waals surface area (Å²) in [6.07, 6.45) is -0.783. The van der Waals surface area contributed by atoms with E-state index < -0.39 is 36.1 Å². The van der Waals surface area contributed by atoms with Gasteiger partial charge in [-0.25, -0.2) is 8.42 Å². The van der Waals surface area contributed by atoms with E-state index in [4.69, 9.17) is 4.18 Å². The lowest BCUT2D eigenvalue weighted by molar-refractivity contribution is -0.0324. The Hall–Kier alpha value is -0.920. The minimum atomic E-state index is -3.94. The maximum Gasteiger partial charge on any atom is 0.297 e. The van der Waals surface area contributed by atoms with E-state index in [0.29, 0.717) is 0 Å². The Balaban J connectivity index is 1.85. The Morgan fingerprint density at radius 2 is 1.68 bits per heavy atom. The molecule has 1 saturated heterocycles. The number of hydrogen-bond acceptors (Lipinski definition) is 5. The standard InChI is InChI=1S/C15H20O5S2/c1-9-5-7-11(8-6-9)22(18,19)20-13-10(2)12-14(13)21(16,17)15(12,3)4/h5-8,10,12-14H,1-4H3. The first-order valence-corrected chi connectivity index (χ1v) is 10.2. The van der Waals surface area contributed by atoms with E-state index in [1.807, 2.05) is 13.8 Å². The average molecular weight is 344 g/mol. The second-order valence-electron chi connectivity index (χ2n) is 6.83. The monoisotopic (exact) mass is 344 g/mol. The molecule has 4 atom stereocenters. The van der Waals surface area contributed by atoms with Crippen LogP contribution in [0, 0.1) is 18.8 Å². The summed E-state index contributed by atoms with van der Waals surface area (Å²) in [4.78, 5) is 0.0599. The lowest BCUT2D eigenvalue weighted by atomic mass is 9.64. The van der Waals surface area contributed by atoms with E-state index in [-0.39, 0.29) is 16.7 Å². The molecule has 0 bridgehead atoms. The first-order valence-electron chi connectivity index (χ1n) is 7.23. The number of benzene rings is 1. The van der Waals surface area contributed by atoms with Gasteiger partial charge in [0.15, 0.2) is 9.84 Å². The molecule has 0 N–H and O–H groups in total. The summed E-state index contributed by atoms with van der Waals surface area (Å²) in [6.45, 7) is 7.11. The van der Waals surface area contributed by atoms with Crippen molar-refractivity contribution in [3.05, 3.63) is 29.8 Å². The Morgan fingerprint density at radius 1 is 1.14 bits per heavy atom.